The van der Waals surface area contributed by atoms with Gasteiger partial charge in [-0.2, -0.15) is 8.42 Å². The molecule has 0 rings (SSSR count). The van der Waals surface area contributed by atoms with Crippen LogP contribution in [-0.4, -0.2) is 31.6 Å². The number of hydrogen-bond acceptors (Lipinski definition) is 3. The first-order valence-corrected chi connectivity index (χ1v) is 5.72. The summed E-state index contributed by atoms with van der Waals surface area (Å²) in [4.78, 5) is 0. The van der Waals surface area contributed by atoms with Gasteiger partial charge in [0.25, 0.3) is 10.1 Å². The fourth-order valence-electron chi connectivity index (χ4n) is 0.949. The van der Waals surface area contributed by atoms with Crippen molar-refractivity contribution in [2.45, 2.75) is 31.9 Å². The van der Waals surface area contributed by atoms with Crippen LogP contribution in [0.2, 0.25) is 0 Å². The van der Waals surface area contributed by atoms with Crippen molar-refractivity contribution in [3.05, 3.63) is 0 Å². The van der Waals surface area contributed by atoms with E-state index in [0.717, 1.165) is 0 Å². The maximum Gasteiger partial charge on any atom is 0.267 e. The van der Waals surface area contributed by atoms with Crippen LogP contribution in [0.3, 0.4) is 0 Å². The molecule has 4 N–H and O–H groups in total. The zero-order chi connectivity index (χ0) is 10.3. The summed E-state index contributed by atoms with van der Waals surface area (Å²) in [7, 11) is -4.22. The fourth-order valence-corrected chi connectivity index (χ4v) is 1.57. The van der Waals surface area contributed by atoms with Gasteiger partial charge in [-0.05, 0) is 12.8 Å². The monoisotopic (exact) mass is 233 g/mol. The Morgan fingerprint density at radius 2 is 1.79 bits per heavy atom. The lowest BCUT2D eigenvalue weighted by Gasteiger charge is -2.04. The normalized spacial score (nSPS) is 13.4. The number of hydrogen-bond donors (Lipinski definition) is 2. The van der Waals surface area contributed by atoms with Crippen LogP contribution in [0, 0.1) is 0 Å². The highest BCUT2D eigenvalue weighted by Gasteiger charge is 2.14. The van der Waals surface area contributed by atoms with Crippen molar-refractivity contribution >= 4 is 10.1 Å². The van der Waals surface area contributed by atoms with Crippen LogP contribution in [0.4, 0.5) is 8.78 Å². The highest BCUT2D eigenvalue weighted by molar-refractivity contribution is 7.85. The minimum absolute atomic E-state index is 0. The van der Waals surface area contributed by atoms with E-state index in [1.807, 2.05) is 0 Å². The smallest absolute Gasteiger partial charge is 0.267 e. The standard InChI is InChI=1S/C7H14F2O3S.H3N/c8-5-3-1-2-4-7(9)6-13(10,11)12;/h7H,1-6H2,(H,10,11,12);1H3. The summed E-state index contributed by atoms with van der Waals surface area (Å²) in [6.07, 6.45) is -0.129. The van der Waals surface area contributed by atoms with E-state index in [1.54, 1.807) is 0 Å². The van der Waals surface area contributed by atoms with Gasteiger partial charge in [-0.3, -0.25) is 8.94 Å². The fraction of sp³-hybridized carbons (Fsp3) is 1.00. The molecule has 0 saturated carbocycles. The average molecular weight is 233 g/mol. The highest BCUT2D eigenvalue weighted by Crippen LogP contribution is 2.08. The molecule has 7 heteroatoms. The van der Waals surface area contributed by atoms with Gasteiger partial charge in [-0.25, -0.2) is 4.39 Å². The molecule has 1 unspecified atom stereocenters. The van der Waals surface area contributed by atoms with E-state index in [4.69, 9.17) is 4.55 Å². The van der Waals surface area contributed by atoms with Crippen LogP contribution in [0.25, 0.3) is 0 Å². The van der Waals surface area contributed by atoms with Crippen molar-refractivity contribution in [3.63, 3.8) is 0 Å². The van der Waals surface area contributed by atoms with E-state index in [0.29, 0.717) is 19.3 Å². The molecule has 0 amide bonds. The summed E-state index contributed by atoms with van der Waals surface area (Å²) in [5.41, 5.74) is 0. The Kier molecular flexibility index (Phi) is 9.32. The summed E-state index contributed by atoms with van der Waals surface area (Å²) < 4.78 is 52.9. The first kappa shape index (κ1) is 16.2. The average Bonchev–Trinajstić information content (AvgIpc) is 1.94. The van der Waals surface area contributed by atoms with Gasteiger partial charge in [-0.15, -0.1) is 0 Å². The molecule has 0 aliphatic carbocycles. The van der Waals surface area contributed by atoms with Gasteiger partial charge >= 0.3 is 0 Å². The van der Waals surface area contributed by atoms with Crippen molar-refractivity contribution in [3.8, 4) is 0 Å². The lowest BCUT2D eigenvalue weighted by Crippen LogP contribution is -2.16. The van der Waals surface area contributed by atoms with Crippen molar-refractivity contribution in [2.75, 3.05) is 12.4 Å². The predicted octanol–water partition coefficient (Wildman–Crippen LogP) is 1.90. The molecule has 0 aromatic heterocycles. The second-order valence-electron chi connectivity index (χ2n) is 2.88. The third kappa shape index (κ3) is 11.7. The molecular weight excluding hydrogens is 216 g/mol. The van der Waals surface area contributed by atoms with Gasteiger partial charge in [-0.1, -0.05) is 12.8 Å². The lowest BCUT2D eigenvalue weighted by molar-refractivity contribution is 0.321. The second-order valence-corrected chi connectivity index (χ2v) is 4.38. The summed E-state index contributed by atoms with van der Waals surface area (Å²) in [6.45, 7) is -0.435. The molecule has 14 heavy (non-hydrogen) atoms. The Morgan fingerprint density at radius 1 is 1.21 bits per heavy atom. The van der Waals surface area contributed by atoms with Gasteiger partial charge in [0.05, 0.1) is 6.67 Å². The van der Waals surface area contributed by atoms with Crippen LogP contribution >= 0.6 is 0 Å². The SMILES string of the molecule is N.O=S(=O)(O)CC(F)CCCCCF. The molecule has 0 aromatic rings. The summed E-state index contributed by atoms with van der Waals surface area (Å²) in [6, 6.07) is 0. The van der Waals surface area contributed by atoms with Crippen LogP contribution in [0.5, 0.6) is 0 Å². The topological polar surface area (TPSA) is 89.4 Å². The molecule has 0 heterocycles. The molecule has 0 spiro atoms. The van der Waals surface area contributed by atoms with E-state index in [2.05, 4.69) is 0 Å². The van der Waals surface area contributed by atoms with E-state index in [9.17, 15) is 17.2 Å². The third-order valence-corrected chi connectivity index (χ3v) is 2.33. The van der Waals surface area contributed by atoms with Crippen LogP contribution in [0.1, 0.15) is 25.7 Å². The molecule has 0 aliphatic rings. The van der Waals surface area contributed by atoms with Crippen molar-refractivity contribution in [1.82, 2.24) is 6.15 Å². The minimum Gasteiger partial charge on any atom is -0.344 e. The van der Waals surface area contributed by atoms with Gasteiger partial charge in [0, 0.05) is 0 Å². The van der Waals surface area contributed by atoms with Gasteiger partial charge < -0.3 is 6.15 Å². The first-order valence-electron chi connectivity index (χ1n) is 4.11. The van der Waals surface area contributed by atoms with Crippen LogP contribution in [-0.2, 0) is 10.1 Å². The van der Waals surface area contributed by atoms with E-state index in [-0.39, 0.29) is 12.6 Å². The maximum absolute atomic E-state index is 12.7. The van der Waals surface area contributed by atoms with Gasteiger partial charge in [0.2, 0.25) is 0 Å². The Balaban J connectivity index is 0. The molecule has 0 aliphatic heterocycles. The zero-order valence-electron chi connectivity index (χ0n) is 7.95. The molecule has 0 aromatic carbocycles. The molecule has 0 radical (unpaired) electrons. The van der Waals surface area contributed by atoms with Crippen LogP contribution in [0.15, 0.2) is 0 Å². The molecule has 88 valence electrons. The molecule has 1 atom stereocenters. The first-order chi connectivity index (χ1) is 5.95. The Morgan fingerprint density at radius 3 is 2.21 bits per heavy atom. The van der Waals surface area contributed by atoms with E-state index in [1.165, 1.54) is 0 Å². The molecule has 0 fully saturated rings. The van der Waals surface area contributed by atoms with Crippen LogP contribution < -0.4 is 6.15 Å². The van der Waals surface area contributed by atoms with Crippen molar-refractivity contribution in [1.29, 1.82) is 0 Å². The quantitative estimate of drug-likeness (QED) is 0.519. The van der Waals surface area contributed by atoms with E-state index >= 15 is 0 Å². The number of rotatable bonds is 7. The van der Waals surface area contributed by atoms with Gasteiger partial charge in [0.1, 0.15) is 11.9 Å². The summed E-state index contributed by atoms with van der Waals surface area (Å²) in [5.74, 6) is -0.859. The molecule has 4 nitrogen and oxygen atoms in total. The molecule has 0 saturated heterocycles. The highest BCUT2D eigenvalue weighted by atomic mass is 32.2. The summed E-state index contributed by atoms with van der Waals surface area (Å²) >= 11 is 0. The lowest BCUT2D eigenvalue weighted by atomic mass is 10.1. The summed E-state index contributed by atoms with van der Waals surface area (Å²) in [5, 5.41) is 0. The third-order valence-electron chi connectivity index (χ3n) is 1.54. The van der Waals surface area contributed by atoms with E-state index < -0.39 is 28.7 Å². The predicted molar refractivity (Wildman–Crippen MR) is 50.8 cm³/mol. The number of alkyl halides is 2. The van der Waals surface area contributed by atoms with Crippen molar-refractivity contribution in [2.24, 2.45) is 0 Å². The number of halogens is 2. The maximum atomic E-state index is 12.7. The second kappa shape index (κ2) is 8.07. The Labute approximate surface area is 83.0 Å². The van der Waals surface area contributed by atoms with Crippen molar-refractivity contribution < 1.29 is 21.8 Å². The Bertz CT molecular complexity index is 221. The van der Waals surface area contributed by atoms with Gasteiger partial charge in [0.15, 0.2) is 0 Å². The molecule has 0 bridgehead atoms. The minimum atomic E-state index is -4.22. The number of unbranched alkanes of at least 4 members (excludes halogenated alkanes) is 2. The zero-order valence-corrected chi connectivity index (χ0v) is 8.77. The molecular formula is C7H17F2NO3S. The largest absolute Gasteiger partial charge is 0.344 e. The Hall–Kier alpha value is -0.270.